The summed E-state index contributed by atoms with van der Waals surface area (Å²) in [6.07, 6.45) is 0. The van der Waals surface area contributed by atoms with Gasteiger partial charge in [-0.25, -0.2) is 0 Å². The molecular weight excluding hydrogens is 334 g/mol. The SMILES string of the molecule is C/C(=N\O)c1cc2ccc(C(C)c3cc4ccccc4s3)cc2s1. The fraction of sp³-hybridized carbons (Fsp3) is 0.150. The molecule has 4 aromatic rings. The molecular formula is C20H17NOS2. The lowest BCUT2D eigenvalue weighted by molar-refractivity contribution is 0.319. The highest BCUT2D eigenvalue weighted by atomic mass is 32.1. The molecule has 1 N–H and O–H groups in total. The molecule has 0 saturated heterocycles. The first kappa shape index (κ1) is 15.4. The molecule has 4 rings (SSSR count). The van der Waals surface area contributed by atoms with E-state index in [4.69, 9.17) is 5.21 Å². The summed E-state index contributed by atoms with van der Waals surface area (Å²) in [5, 5.41) is 14.8. The number of nitrogens with zero attached hydrogens (tertiary/aromatic N) is 1. The third-order valence-electron chi connectivity index (χ3n) is 4.42. The number of oxime groups is 1. The van der Waals surface area contributed by atoms with Gasteiger partial charge >= 0.3 is 0 Å². The third kappa shape index (κ3) is 2.62. The van der Waals surface area contributed by atoms with Gasteiger partial charge in [-0.3, -0.25) is 0 Å². The van der Waals surface area contributed by atoms with Gasteiger partial charge < -0.3 is 5.21 Å². The van der Waals surface area contributed by atoms with Crippen LogP contribution in [-0.4, -0.2) is 10.9 Å². The lowest BCUT2D eigenvalue weighted by atomic mass is 9.98. The van der Waals surface area contributed by atoms with Crippen LogP contribution < -0.4 is 0 Å². The third-order valence-corrected chi connectivity index (χ3v) is 6.93. The molecule has 2 aromatic heterocycles. The van der Waals surface area contributed by atoms with E-state index in [0.717, 1.165) is 4.88 Å². The Bertz CT molecular complexity index is 1020. The van der Waals surface area contributed by atoms with Crippen molar-refractivity contribution in [1.29, 1.82) is 0 Å². The van der Waals surface area contributed by atoms with Gasteiger partial charge in [-0.15, -0.1) is 22.7 Å². The molecule has 4 heteroatoms. The van der Waals surface area contributed by atoms with Crippen molar-refractivity contribution in [3.63, 3.8) is 0 Å². The van der Waals surface area contributed by atoms with Crippen LogP contribution in [0, 0.1) is 0 Å². The Morgan fingerprint density at radius 3 is 2.54 bits per heavy atom. The molecule has 2 aromatic carbocycles. The smallest absolute Gasteiger partial charge is 0.0936 e. The predicted molar refractivity (Wildman–Crippen MR) is 105 cm³/mol. The molecule has 2 heterocycles. The van der Waals surface area contributed by atoms with Crippen LogP contribution in [0.3, 0.4) is 0 Å². The summed E-state index contributed by atoms with van der Waals surface area (Å²) in [6, 6.07) is 19.6. The summed E-state index contributed by atoms with van der Waals surface area (Å²) < 4.78 is 2.58. The van der Waals surface area contributed by atoms with E-state index in [1.54, 1.807) is 11.3 Å². The maximum atomic E-state index is 8.97. The molecule has 24 heavy (non-hydrogen) atoms. The molecule has 2 nitrogen and oxygen atoms in total. The van der Waals surface area contributed by atoms with Crippen molar-refractivity contribution in [3.05, 3.63) is 69.9 Å². The number of fused-ring (bicyclic) bond motifs is 2. The van der Waals surface area contributed by atoms with Gasteiger partial charge in [0.2, 0.25) is 0 Å². The average Bonchev–Trinajstić information content (AvgIpc) is 3.23. The molecule has 0 aliphatic rings. The van der Waals surface area contributed by atoms with Crippen molar-refractivity contribution in [2.24, 2.45) is 5.16 Å². The van der Waals surface area contributed by atoms with Crippen LogP contribution in [0.1, 0.15) is 35.1 Å². The van der Waals surface area contributed by atoms with E-state index < -0.39 is 0 Å². The highest BCUT2D eigenvalue weighted by molar-refractivity contribution is 7.21. The van der Waals surface area contributed by atoms with Crippen molar-refractivity contribution in [2.45, 2.75) is 19.8 Å². The summed E-state index contributed by atoms with van der Waals surface area (Å²) in [4.78, 5) is 2.40. The van der Waals surface area contributed by atoms with Crippen molar-refractivity contribution in [1.82, 2.24) is 0 Å². The van der Waals surface area contributed by atoms with E-state index in [1.165, 1.54) is 30.6 Å². The molecule has 0 aliphatic heterocycles. The van der Waals surface area contributed by atoms with Gasteiger partial charge in [0.15, 0.2) is 0 Å². The van der Waals surface area contributed by atoms with Gasteiger partial charge in [0.1, 0.15) is 0 Å². The molecule has 0 saturated carbocycles. The van der Waals surface area contributed by atoms with Crippen molar-refractivity contribution in [2.75, 3.05) is 0 Å². The zero-order valence-electron chi connectivity index (χ0n) is 13.5. The van der Waals surface area contributed by atoms with Crippen LogP contribution in [0.4, 0.5) is 0 Å². The topological polar surface area (TPSA) is 32.6 Å². The predicted octanol–water partition coefficient (Wildman–Crippen LogP) is 6.47. The van der Waals surface area contributed by atoms with Gasteiger partial charge in [0.05, 0.1) is 10.6 Å². The molecule has 0 fully saturated rings. The maximum absolute atomic E-state index is 8.97. The van der Waals surface area contributed by atoms with E-state index in [2.05, 4.69) is 66.7 Å². The lowest BCUT2D eigenvalue weighted by Gasteiger charge is -2.09. The maximum Gasteiger partial charge on any atom is 0.0936 e. The van der Waals surface area contributed by atoms with Crippen LogP contribution in [0.2, 0.25) is 0 Å². The first-order valence-corrected chi connectivity index (χ1v) is 9.50. The van der Waals surface area contributed by atoms with Crippen LogP contribution >= 0.6 is 22.7 Å². The molecule has 0 radical (unpaired) electrons. The Kier molecular flexibility index (Phi) is 3.87. The average molecular weight is 351 g/mol. The highest BCUT2D eigenvalue weighted by Gasteiger charge is 2.14. The monoisotopic (exact) mass is 351 g/mol. The molecule has 1 atom stereocenters. The van der Waals surface area contributed by atoms with E-state index in [1.807, 2.05) is 18.3 Å². The second-order valence-corrected chi connectivity index (χ2v) is 8.20. The zero-order chi connectivity index (χ0) is 16.7. The highest BCUT2D eigenvalue weighted by Crippen LogP contribution is 2.36. The van der Waals surface area contributed by atoms with Crippen molar-refractivity contribution >= 4 is 48.6 Å². The Hall–Kier alpha value is -2.17. The van der Waals surface area contributed by atoms with Gasteiger partial charge in [0.25, 0.3) is 0 Å². The van der Waals surface area contributed by atoms with Crippen LogP contribution in [0.25, 0.3) is 20.2 Å². The van der Waals surface area contributed by atoms with Gasteiger partial charge in [-0.2, -0.15) is 0 Å². The Morgan fingerprint density at radius 1 is 0.958 bits per heavy atom. The summed E-state index contributed by atoms with van der Waals surface area (Å²) in [6.45, 7) is 4.09. The minimum Gasteiger partial charge on any atom is -0.411 e. The quantitative estimate of drug-likeness (QED) is 0.256. The van der Waals surface area contributed by atoms with Gasteiger partial charge in [-0.1, -0.05) is 42.4 Å². The van der Waals surface area contributed by atoms with Gasteiger partial charge in [-0.05, 0) is 47.5 Å². The van der Waals surface area contributed by atoms with E-state index in [0.29, 0.717) is 11.6 Å². The molecule has 0 amide bonds. The lowest BCUT2D eigenvalue weighted by Crippen LogP contribution is -1.92. The molecule has 0 spiro atoms. The van der Waals surface area contributed by atoms with Crippen LogP contribution in [0.15, 0.2) is 59.8 Å². The molecule has 1 unspecified atom stereocenters. The Balaban J connectivity index is 1.74. The van der Waals surface area contributed by atoms with Crippen molar-refractivity contribution in [3.8, 4) is 0 Å². The number of rotatable bonds is 3. The number of thiophene rings is 2. The van der Waals surface area contributed by atoms with Crippen molar-refractivity contribution < 1.29 is 5.21 Å². The Labute approximate surface area is 148 Å². The first-order valence-electron chi connectivity index (χ1n) is 7.86. The largest absolute Gasteiger partial charge is 0.411 e. The second kappa shape index (κ2) is 6.04. The minimum absolute atomic E-state index is 0.366. The van der Waals surface area contributed by atoms with E-state index >= 15 is 0 Å². The van der Waals surface area contributed by atoms with E-state index in [-0.39, 0.29) is 0 Å². The van der Waals surface area contributed by atoms with Crippen LogP contribution in [-0.2, 0) is 0 Å². The van der Waals surface area contributed by atoms with Gasteiger partial charge in [0, 0.05) is 20.2 Å². The minimum atomic E-state index is 0.366. The van der Waals surface area contributed by atoms with Crippen LogP contribution in [0.5, 0.6) is 0 Å². The summed E-state index contributed by atoms with van der Waals surface area (Å²) in [5.74, 6) is 0.366. The number of hydrogen-bond donors (Lipinski definition) is 1. The molecule has 120 valence electrons. The normalized spacial score (nSPS) is 13.7. The fourth-order valence-corrected chi connectivity index (χ4v) is 5.12. The fourth-order valence-electron chi connectivity index (χ4n) is 2.92. The number of hydrogen-bond acceptors (Lipinski definition) is 4. The summed E-state index contributed by atoms with van der Waals surface area (Å²) >= 11 is 3.54. The van der Waals surface area contributed by atoms with E-state index in [9.17, 15) is 0 Å². The standard InChI is InChI=1S/C20H17NOS2/c1-12(18-10-15-5-3-4-6-17(15)23-18)14-7-8-16-11-19(13(2)21-22)24-20(16)9-14/h3-12,22H,1-2H3/b21-13+. The summed E-state index contributed by atoms with van der Waals surface area (Å²) in [5.41, 5.74) is 1.98. The zero-order valence-corrected chi connectivity index (χ0v) is 15.1. The Morgan fingerprint density at radius 2 is 1.75 bits per heavy atom. The molecule has 0 bridgehead atoms. The second-order valence-electron chi connectivity index (χ2n) is 6.00. The summed E-state index contributed by atoms with van der Waals surface area (Å²) in [7, 11) is 0. The first-order chi connectivity index (χ1) is 11.7. The number of benzene rings is 2. The molecule has 0 aliphatic carbocycles.